The second-order valence-electron chi connectivity index (χ2n) is 9.77. The zero-order valence-electron chi connectivity index (χ0n) is 24.1. The van der Waals surface area contributed by atoms with Crippen molar-refractivity contribution in [3.05, 3.63) is 135 Å². The molecule has 0 bridgehead atoms. The molecule has 0 radical (unpaired) electrons. The summed E-state index contributed by atoms with van der Waals surface area (Å²) in [6, 6.07) is 18.4. The molecule has 0 saturated heterocycles. The van der Waals surface area contributed by atoms with Gasteiger partial charge in [0.25, 0.3) is 5.91 Å². The Labute approximate surface area is 270 Å². The molecule has 2 heterocycles. The minimum absolute atomic E-state index is 0.0141. The van der Waals surface area contributed by atoms with Crippen LogP contribution in [-0.2, 0) is 32.4 Å². The lowest BCUT2D eigenvalue weighted by molar-refractivity contribution is -0.170. The van der Waals surface area contributed by atoms with Crippen LogP contribution in [0.15, 0.2) is 102 Å². The summed E-state index contributed by atoms with van der Waals surface area (Å²) >= 11 is 6.06. The zero-order chi connectivity index (χ0) is 33.5. The van der Waals surface area contributed by atoms with Crippen molar-refractivity contribution < 1.29 is 37.4 Å². The number of pyridine rings is 2. The third-order valence-corrected chi connectivity index (χ3v) is 6.87. The van der Waals surface area contributed by atoms with Gasteiger partial charge in [-0.25, -0.2) is 23.4 Å². The number of amides is 1. The molecule has 47 heavy (non-hydrogen) atoms. The molecule has 0 fully saturated rings. The van der Waals surface area contributed by atoms with Crippen molar-refractivity contribution in [1.82, 2.24) is 9.55 Å². The van der Waals surface area contributed by atoms with Crippen molar-refractivity contribution in [1.29, 1.82) is 0 Å². The van der Waals surface area contributed by atoms with Crippen LogP contribution < -0.4 is 21.2 Å². The summed E-state index contributed by atoms with van der Waals surface area (Å²) in [7, 11) is 0. The Morgan fingerprint density at radius 2 is 1.62 bits per heavy atom. The zero-order valence-corrected chi connectivity index (χ0v) is 24.9. The lowest BCUT2D eigenvalue weighted by atomic mass is 10.0. The largest absolute Gasteiger partial charge is 0.453 e. The molecule has 238 valence electrons. The number of anilines is 2. The van der Waals surface area contributed by atoms with Crippen LogP contribution in [0.5, 0.6) is 11.5 Å². The highest BCUT2D eigenvalue weighted by molar-refractivity contribution is 6.34. The average Bonchev–Trinajstić information content (AvgIpc) is 3.07. The third kappa shape index (κ3) is 7.96. The number of carbonyl (C=O) groups is 3. The predicted molar refractivity (Wildman–Crippen MR) is 167 cm³/mol. The Hall–Kier alpha value is -6.08. The van der Waals surface area contributed by atoms with Gasteiger partial charge in [-0.2, -0.15) is 0 Å². The van der Waals surface area contributed by atoms with E-state index in [0.29, 0.717) is 5.56 Å². The fraction of sp³-hybridized carbons (Fsp3) is 0.0606. The fourth-order valence-electron chi connectivity index (χ4n) is 4.18. The van der Waals surface area contributed by atoms with E-state index in [0.717, 1.165) is 24.4 Å². The molecule has 0 aliphatic carbocycles. The first-order valence-electron chi connectivity index (χ1n) is 13.7. The van der Waals surface area contributed by atoms with Gasteiger partial charge in [0.15, 0.2) is 24.0 Å². The highest BCUT2D eigenvalue weighted by Gasteiger charge is 2.21. The first kappa shape index (κ1) is 32.3. The topological polar surface area (TPSA) is 152 Å². The monoisotopic (exact) mass is 660 g/mol. The maximum Gasteiger partial charge on any atom is 0.419 e. The van der Waals surface area contributed by atoms with Crippen molar-refractivity contribution in [3.8, 4) is 22.6 Å². The van der Waals surface area contributed by atoms with Gasteiger partial charge in [-0.1, -0.05) is 54.1 Å². The van der Waals surface area contributed by atoms with Gasteiger partial charge >= 0.3 is 11.9 Å². The molecular weight excluding hydrogens is 638 g/mol. The number of nitrogen functional groups attached to an aromatic ring is 1. The van der Waals surface area contributed by atoms with Gasteiger partial charge in [0.2, 0.25) is 5.43 Å². The molecule has 2 aromatic heterocycles. The standard InChI is InChI=1S/C33H23ClF2N4O7/c34-28-27(12-13-38-30(28)37)47-26-11-10-22(14-25(26)36)39-31(42)24-16-40(15-23(29(24)41)20-6-8-21(35)9-7-20)18-46-33(44)32(43)45-17-19-4-2-1-3-5-19/h1-16H,17-18H2,(H2,37,38)(H,39,42). The average molecular weight is 661 g/mol. The molecule has 5 rings (SSSR count). The Morgan fingerprint density at radius 1 is 0.894 bits per heavy atom. The van der Waals surface area contributed by atoms with Gasteiger partial charge in [0, 0.05) is 42.0 Å². The van der Waals surface area contributed by atoms with E-state index in [4.69, 9.17) is 31.5 Å². The highest BCUT2D eigenvalue weighted by atomic mass is 35.5. The Balaban J connectivity index is 1.35. The Morgan fingerprint density at radius 3 is 2.34 bits per heavy atom. The van der Waals surface area contributed by atoms with Gasteiger partial charge in [0.1, 0.15) is 28.8 Å². The summed E-state index contributed by atoms with van der Waals surface area (Å²) in [6.07, 6.45) is 3.67. The molecule has 14 heteroatoms. The molecule has 0 unspecified atom stereocenters. The lowest BCUT2D eigenvalue weighted by Gasteiger charge is -2.14. The van der Waals surface area contributed by atoms with Crippen molar-refractivity contribution >= 4 is 41.0 Å². The van der Waals surface area contributed by atoms with Crippen LogP contribution in [0, 0.1) is 11.6 Å². The molecule has 0 spiro atoms. The number of ether oxygens (including phenoxy) is 3. The number of nitrogens with zero attached hydrogens (tertiary/aromatic N) is 2. The van der Waals surface area contributed by atoms with E-state index < -0.39 is 47.2 Å². The summed E-state index contributed by atoms with van der Waals surface area (Å²) in [5.41, 5.74) is 5.26. The smallest absolute Gasteiger partial charge is 0.419 e. The van der Waals surface area contributed by atoms with Gasteiger partial charge in [-0.3, -0.25) is 9.59 Å². The number of halogens is 3. The number of hydrogen-bond acceptors (Lipinski definition) is 9. The van der Waals surface area contributed by atoms with Crippen molar-refractivity contribution in [2.75, 3.05) is 11.1 Å². The van der Waals surface area contributed by atoms with Crippen LogP contribution in [0.1, 0.15) is 15.9 Å². The Bertz CT molecular complexity index is 2020. The molecule has 3 N–H and O–H groups in total. The van der Waals surface area contributed by atoms with E-state index in [1.807, 2.05) is 0 Å². The fourth-order valence-corrected chi connectivity index (χ4v) is 4.33. The first-order chi connectivity index (χ1) is 22.6. The van der Waals surface area contributed by atoms with E-state index in [1.165, 1.54) is 47.3 Å². The first-order valence-corrected chi connectivity index (χ1v) is 14.0. The molecule has 0 atom stereocenters. The molecule has 1 amide bonds. The van der Waals surface area contributed by atoms with Gasteiger partial charge in [-0.05, 0) is 35.4 Å². The molecule has 0 aliphatic heterocycles. The molecule has 5 aromatic rings. The van der Waals surface area contributed by atoms with Gasteiger partial charge in [-0.15, -0.1) is 0 Å². The second kappa shape index (κ2) is 14.3. The summed E-state index contributed by atoms with van der Waals surface area (Å²) in [5.74, 6) is -5.15. The summed E-state index contributed by atoms with van der Waals surface area (Å²) in [6.45, 7) is -0.761. The van der Waals surface area contributed by atoms with E-state index in [2.05, 4.69) is 10.3 Å². The van der Waals surface area contributed by atoms with E-state index in [9.17, 15) is 28.0 Å². The maximum atomic E-state index is 14.9. The highest BCUT2D eigenvalue weighted by Crippen LogP contribution is 2.34. The summed E-state index contributed by atoms with van der Waals surface area (Å²) in [5, 5.41) is 2.42. The van der Waals surface area contributed by atoms with E-state index in [1.54, 1.807) is 30.3 Å². The van der Waals surface area contributed by atoms with Crippen LogP contribution in [0.4, 0.5) is 20.3 Å². The van der Waals surface area contributed by atoms with E-state index >= 15 is 0 Å². The van der Waals surface area contributed by atoms with Crippen molar-refractivity contribution in [3.63, 3.8) is 0 Å². The lowest BCUT2D eigenvalue weighted by Crippen LogP contribution is -2.26. The molecular formula is C33H23ClF2N4O7. The summed E-state index contributed by atoms with van der Waals surface area (Å²) in [4.78, 5) is 55.0. The minimum atomic E-state index is -1.32. The minimum Gasteiger partial charge on any atom is -0.453 e. The normalized spacial score (nSPS) is 10.6. The number of nitrogens with two attached hydrogens (primary N) is 1. The van der Waals surface area contributed by atoms with Crippen LogP contribution >= 0.6 is 11.6 Å². The van der Waals surface area contributed by atoms with Crippen LogP contribution in [-0.4, -0.2) is 27.4 Å². The number of carbonyl (C=O) groups excluding carboxylic acids is 3. The number of aromatic nitrogens is 2. The van der Waals surface area contributed by atoms with Crippen LogP contribution in [0.25, 0.3) is 11.1 Å². The number of benzene rings is 3. The third-order valence-electron chi connectivity index (χ3n) is 6.49. The maximum absolute atomic E-state index is 14.9. The second-order valence-corrected chi connectivity index (χ2v) is 10.1. The summed E-state index contributed by atoms with van der Waals surface area (Å²) < 4.78 is 45.2. The number of nitrogens with one attached hydrogen (secondary N) is 1. The number of rotatable bonds is 9. The van der Waals surface area contributed by atoms with Crippen LogP contribution in [0.3, 0.4) is 0 Å². The number of hydrogen-bond donors (Lipinski definition) is 2. The van der Waals surface area contributed by atoms with Crippen LogP contribution in [0.2, 0.25) is 5.02 Å². The molecule has 3 aromatic carbocycles. The Kier molecular flexibility index (Phi) is 9.87. The molecule has 0 saturated carbocycles. The van der Waals surface area contributed by atoms with Gasteiger partial charge < -0.3 is 29.8 Å². The van der Waals surface area contributed by atoms with Crippen molar-refractivity contribution in [2.45, 2.75) is 13.3 Å². The molecule has 0 aliphatic rings. The van der Waals surface area contributed by atoms with Gasteiger partial charge in [0.05, 0.1) is 0 Å². The predicted octanol–water partition coefficient (Wildman–Crippen LogP) is 5.71. The number of esters is 2. The quantitative estimate of drug-likeness (QED) is 0.150. The van der Waals surface area contributed by atoms with E-state index in [-0.39, 0.29) is 45.8 Å². The SMILES string of the molecule is Nc1nccc(Oc2ccc(NC(=O)c3cn(COC(=O)C(=O)OCc4ccccc4)cc(-c4ccc(F)cc4)c3=O)cc2F)c1Cl. The molecule has 11 nitrogen and oxygen atoms in total. The van der Waals surface area contributed by atoms with Crippen molar-refractivity contribution in [2.24, 2.45) is 0 Å².